The molecule has 0 fully saturated rings. The zero-order valence-electron chi connectivity index (χ0n) is 11.3. The van der Waals surface area contributed by atoms with Crippen molar-refractivity contribution in [3.63, 3.8) is 0 Å². The zero-order valence-corrected chi connectivity index (χ0v) is 12.9. The number of nitrogens with one attached hydrogen (secondary N) is 1. The van der Waals surface area contributed by atoms with E-state index in [1.807, 2.05) is 16.7 Å². The smallest absolute Gasteiger partial charge is 0.195 e. The van der Waals surface area contributed by atoms with Crippen molar-refractivity contribution in [2.24, 2.45) is 0 Å². The number of benzene rings is 1. The molecule has 1 aromatic carbocycles. The molecule has 6 heteroatoms. The molecular weight excluding hydrogens is 282 g/mol. The molecule has 19 heavy (non-hydrogen) atoms. The van der Waals surface area contributed by atoms with Crippen molar-refractivity contribution in [1.82, 2.24) is 14.8 Å². The molecule has 0 saturated carbocycles. The molecule has 1 N–H and O–H groups in total. The summed E-state index contributed by atoms with van der Waals surface area (Å²) in [5, 5.41) is 7.77. The molecule has 0 saturated heterocycles. The Bertz CT molecular complexity index is 655. The molecule has 0 bridgehead atoms. The van der Waals surface area contributed by atoms with Gasteiger partial charge in [0.25, 0.3) is 0 Å². The van der Waals surface area contributed by atoms with Gasteiger partial charge in [-0.15, -0.1) is 0 Å². The van der Waals surface area contributed by atoms with Gasteiger partial charge in [-0.2, -0.15) is 5.10 Å². The zero-order chi connectivity index (χ0) is 14.2. The Kier molecular flexibility index (Phi) is 3.69. The predicted molar refractivity (Wildman–Crippen MR) is 79.4 cm³/mol. The van der Waals surface area contributed by atoms with Gasteiger partial charge in [0.2, 0.25) is 0 Å². The second-order valence-electron chi connectivity index (χ2n) is 5.20. The lowest BCUT2D eigenvalue weighted by molar-refractivity contribution is 0.392. The van der Waals surface area contributed by atoms with Crippen LogP contribution in [0.4, 0.5) is 0 Å². The number of rotatable bonds is 2. The summed E-state index contributed by atoms with van der Waals surface area (Å²) in [6, 6.07) is 5.46. The number of aromatic nitrogens is 3. The SMILES string of the molecule is COc1cc(Cl)ccc1-c1n[nH]c(=S)n1C(C)(C)C. The molecule has 1 heterocycles. The van der Waals surface area contributed by atoms with Gasteiger partial charge in [-0.25, -0.2) is 0 Å². The minimum absolute atomic E-state index is 0.177. The van der Waals surface area contributed by atoms with Crippen LogP contribution >= 0.6 is 23.8 Å². The Hall–Kier alpha value is -1.33. The van der Waals surface area contributed by atoms with E-state index in [4.69, 9.17) is 28.6 Å². The van der Waals surface area contributed by atoms with Crippen molar-refractivity contribution in [1.29, 1.82) is 0 Å². The summed E-state index contributed by atoms with van der Waals surface area (Å²) in [5.74, 6) is 1.41. The van der Waals surface area contributed by atoms with E-state index in [9.17, 15) is 0 Å². The van der Waals surface area contributed by atoms with Crippen molar-refractivity contribution < 1.29 is 4.74 Å². The largest absolute Gasteiger partial charge is 0.496 e. The lowest BCUT2D eigenvalue weighted by atomic mass is 10.1. The second kappa shape index (κ2) is 4.98. The summed E-state index contributed by atoms with van der Waals surface area (Å²) < 4.78 is 7.92. The molecule has 0 atom stereocenters. The molecular formula is C13H16ClN3OS. The molecule has 1 aromatic heterocycles. The van der Waals surface area contributed by atoms with E-state index < -0.39 is 0 Å². The number of aromatic amines is 1. The molecule has 0 unspecified atom stereocenters. The third kappa shape index (κ3) is 2.67. The van der Waals surface area contributed by atoms with Crippen LogP contribution in [0.3, 0.4) is 0 Å². The average molecular weight is 298 g/mol. The number of H-pyrrole nitrogens is 1. The molecule has 0 spiro atoms. The maximum atomic E-state index is 5.98. The lowest BCUT2D eigenvalue weighted by Gasteiger charge is -2.23. The highest BCUT2D eigenvalue weighted by Gasteiger charge is 2.22. The first-order chi connectivity index (χ1) is 8.84. The Morgan fingerprint density at radius 1 is 1.37 bits per heavy atom. The predicted octanol–water partition coefficient (Wildman–Crippen LogP) is 4.02. The summed E-state index contributed by atoms with van der Waals surface area (Å²) in [7, 11) is 1.61. The monoisotopic (exact) mass is 297 g/mol. The van der Waals surface area contributed by atoms with E-state index >= 15 is 0 Å². The highest BCUT2D eigenvalue weighted by atomic mass is 35.5. The number of hydrogen-bond acceptors (Lipinski definition) is 3. The van der Waals surface area contributed by atoms with E-state index in [0.717, 1.165) is 11.4 Å². The fraction of sp³-hybridized carbons (Fsp3) is 0.385. The van der Waals surface area contributed by atoms with Crippen molar-refractivity contribution in [3.05, 3.63) is 28.0 Å². The standard InChI is InChI=1S/C13H16ClN3OS/c1-13(2,3)17-11(15-16-12(17)19)9-6-5-8(14)7-10(9)18-4/h5-7H,1-4H3,(H,16,19). The minimum atomic E-state index is -0.177. The topological polar surface area (TPSA) is 42.8 Å². The molecule has 0 radical (unpaired) electrons. The quantitative estimate of drug-likeness (QED) is 0.851. The van der Waals surface area contributed by atoms with E-state index in [2.05, 4.69) is 31.0 Å². The molecule has 0 aliphatic rings. The molecule has 0 aliphatic heterocycles. The van der Waals surface area contributed by atoms with E-state index in [1.165, 1.54) is 0 Å². The third-order valence-electron chi connectivity index (χ3n) is 2.75. The van der Waals surface area contributed by atoms with Crippen LogP contribution in [-0.4, -0.2) is 21.9 Å². The molecule has 2 aromatic rings. The molecule has 2 rings (SSSR count). The number of methoxy groups -OCH3 is 1. The van der Waals surface area contributed by atoms with Crippen LogP contribution in [-0.2, 0) is 5.54 Å². The summed E-state index contributed by atoms with van der Waals surface area (Å²) in [6.07, 6.45) is 0. The van der Waals surface area contributed by atoms with Crippen molar-refractivity contribution >= 4 is 23.8 Å². The van der Waals surface area contributed by atoms with Gasteiger partial charge in [-0.05, 0) is 51.2 Å². The summed E-state index contributed by atoms with van der Waals surface area (Å²) in [4.78, 5) is 0. The molecule has 4 nitrogen and oxygen atoms in total. The Labute approximate surface area is 122 Å². The maximum absolute atomic E-state index is 5.98. The number of hydrogen-bond donors (Lipinski definition) is 1. The Morgan fingerprint density at radius 2 is 2.05 bits per heavy atom. The van der Waals surface area contributed by atoms with Crippen LogP contribution in [0.2, 0.25) is 5.02 Å². The summed E-state index contributed by atoms with van der Waals surface area (Å²) in [5.41, 5.74) is 0.679. The first-order valence-electron chi connectivity index (χ1n) is 5.86. The minimum Gasteiger partial charge on any atom is -0.496 e. The van der Waals surface area contributed by atoms with Crippen LogP contribution in [0, 0.1) is 4.77 Å². The van der Waals surface area contributed by atoms with Gasteiger partial charge in [0.1, 0.15) is 5.75 Å². The molecule has 0 aliphatic carbocycles. The lowest BCUT2D eigenvalue weighted by Crippen LogP contribution is -2.23. The van der Waals surface area contributed by atoms with Gasteiger partial charge in [-0.1, -0.05) is 11.6 Å². The number of halogens is 1. The number of ether oxygens (including phenoxy) is 1. The molecule has 0 amide bonds. The van der Waals surface area contributed by atoms with Gasteiger partial charge < -0.3 is 4.74 Å². The van der Waals surface area contributed by atoms with Crippen LogP contribution < -0.4 is 4.74 Å². The average Bonchev–Trinajstić information content (AvgIpc) is 2.70. The van der Waals surface area contributed by atoms with E-state index in [1.54, 1.807) is 13.2 Å². The highest BCUT2D eigenvalue weighted by Crippen LogP contribution is 2.33. The van der Waals surface area contributed by atoms with E-state index in [-0.39, 0.29) is 5.54 Å². The van der Waals surface area contributed by atoms with Gasteiger partial charge >= 0.3 is 0 Å². The van der Waals surface area contributed by atoms with Crippen molar-refractivity contribution in [2.75, 3.05) is 7.11 Å². The number of nitrogens with zero attached hydrogens (tertiary/aromatic N) is 2. The fourth-order valence-corrected chi connectivity index (χ4v) is 2.52. The van der Waals surface area contributed by atoms with Crippen LogP contribution in [0.25, 0.3) is 11.4 Å². The first-order valence-corrected chi connectivity index (χ1v) is 6.65. The van der Waals surface area contributed by atoms with Crippen LogP contribution in [0.15, 0.2) is 18.2 Å². The summed E-state index contributed by atoms with van der Waals surface area (Å²) in [6.45, 7) is 6.22. The Morgan fingerprint density at radius 3 is 2.63 bits per heavy atom. The van der Waals surface area contributed by atoms with Crippen LogP contribution in [0.5, 0.6) is 5.75 Å². The van der Waals surface area contributed by atoms with Gasteiger partial charge in [0, 0.05) is 10.6 Å². The van der Waals surface area contributed by atoms with Gasteiger partial charge in [0.05, 0.1) is 12.7 Å². The second-order valence-corrected chi connectivity index (χ2v) is 6.03. The van der Waals surface area contributed by atoms with Crippen molar-refractivity contribution in [3.8, 4) is 17.1 Å². The van der Waals surface area contributed by atoms with Crippen molar-refractivity contribution in [2.45, 2.75) is 26.3 Å². The molecule has 102 valence electrons. The summed E-state index contributed by atoms with van der Waals surface area (Å²) >= 11 is 11.3. The van der Waals surface area contributed by atoms with E-state index in [0.29, 0.717) is 15.5 Å². The first kappa shape index (κ1) is 14.1. The maximum Gasteiger partial charge on any atom is 0.195 e. The van der Waals surface area contributed by atoms with Gasteiger partial charge in [0.15, 0.2) is 10.6 Å². The fourth-order valence-electron chi connectivity index (χ4n) is 1.95. The van der Waals surface area contributed by atoms with Gasteiger partial charge in [-0.3, -0.25) is 9.67 Å². The third-order valence-corrected chi connectivity index (χ3v) is 3.26. The Balaban J connectivity index is 2.70. The van der Waals surface area contributed by atoms with Crippen LogP contribution in [0.1, 0.15) is 20.8 Å². The highest BCUT2D eigenvalue weighted by molar-refractivity contribution is 7.71. The normalized spacial score (nSPS) is 11.6.